The van der Waals surface area contributed by atoms with Crippen molar-refractivity contribution in [2.24, 2.45) is 7.05 Å². The van der Waals surface area contributed by atoms with Gasteiger partial charge in [-0.25, -0.2) is 4.98 Å². The first-order valence-corrected chi connectivity index (χ1v) is 5.79. The Morgan fingerprint density at radius 2 is 2.26 bits per heavy atom. The van der Waals surface area contributed by atoms with Gasteiger partial charge in [0.15, 0.2) is 0 Å². The van der Waals surface area contributed by atoms with E-state index in [2.05, 4.69) is 4.98 Å². The second kappa shape index (κ2) is 5.01. The number of nitrogens with zero attached hydrogens (tertiary/aromatic N) is 3. The maximum Gasteiger partial charge on any atom is 0.254 e. The number of benzene rings is 1. The first-order valence-electron chi connectivity index (χ1n) is 5.79. The maximum absolute atomic E-state index is 12.2. The summed E-state index contributed by atoms with van der Waals surface area (Å²) in [5.41, 5.74) is 6.15. The largest absolute Gasteiger partial charge is 0.506 e. The fourth-order valence-corrected chi connectivity index (χ4v) is 1.73. The highest BCUT2D eigenvalue weighted by Gasteiger charge is 2.14. The summed E-state index contributed by atoms with van der Waals surface area (Å²) >= 11 is 0. The van der Waals surface area contributed by atoms with Crippen LogP contribution in [-0.2, 0) is 13.6 Å². The summed E-state index contributed by atoms with van der Waals surface area (Å²) in [4.78, 5) is 17.9. The van der Waals surface area contributed by atoms with Crippen LogP contribution in [0.15, 0.2) is 30.6 Å². The van der Waals surface area contributed by atoms with Gasteiger partial charge >= 0.3 is 0 Å². The summed E-state index contributed by atoms with van der Waals surface area (Å²) in [6.45, 7) is 0.396. The van der Waals surface area contributed by atoms with Crippen LogP contribution in [0.3, 0.4) is 0 Å². The van der Waals surface area contributed by atoms with E-state index in [1.807, 2.05) is 17.8 Å². The number of carbonyl (C=O) groups excluding carboxylic acids is 1. The zero-order chi connectivity index (χ0) is 14.0. The molecule has 0 radical (unpaired) electrons. The molecule has 0 aliphatic rings. The molecule has 0 saturated carbocycles. The summed E-state index contributed by atoms with van der Waals surface area (Å²) in [7, 11) is 3.56. The predicted octanol–water partition coefficient (Wildman–Crippen LogP) is 0.980. The first-order chi connectivity index (χ1) is 8.99. The van der Waals surface area contributed by atoms with Crippen LogP contribution in [0, 0.1) is 0 Å². The van der Waals surface area contributed by atoms with Gasteiger partial charge in [0.1, 0.15) is 11.6 Å². The molecule has 1 aromatic heterocycles. The van der Waals surface area contributed by atoms with E-state index in [4.69, 9.17) is 5.73 Å². The SMILES string of the molecule is CN(Cc1nccn1C)C(=O)c1ccc(N)c(O)c1. The van der Waals surface area contributed by atoms with Crippen LogP contribution in [0.4, 0.5) is 5.69 Å². The number of anilines is 1. The zero-order valence-electron chi connectivity index (χ0n) is 10.9. The van der Waals surface area contributed by atoms with Crippen LogP contribution in [0.25, 0.3) is 0 Å². The van der Waals surface area contributed by atoms with Gasteiger partial charge < -0.3 is 20.3 Å². The second-order valence-electron chi connectivity index (χ2n) is 4.39. The van der Waals surface area contributed by atoms with Crippen molar-refractivity contribution in [2.45, 2.75) is 6.54 Å². The van der Waals surface area contributed by atoms with Gasteiger partial charge in [-0.05, 0) is 18.2 Å². The molecule has 6 heteroatoms. The number of nitrogens with two attached hydrogens (primary N) is 1. The van der Waals surface area contributed by atoms with Crippen LogP contribution < -0.4 is 5.73 Å². The Hall–Kier alpha value is -2.50. The van der Waals surface area contributed by atoms with Crippen molar-refractivity contribution in [2.75, 3.05) is 12.8 Å². The normalized spacial score (nSPS) is 10.4. The van der Waals surface area contributed by atoms with E-state index in [9.17, 15) is 9.90 Å². The lowest BCUT2D eigenvalue weighted by molar-refractivity contribution is 0.0780. The Morgan fingerprint density at radius 3 is 2.84 bits per heavy atom. The lowest BCUT2D eigenvalue weighted by Crippen LogP contribution is -2.27. The molecule has 0 spiro atoms. The monoisotopic (exact) mass is 260 g/mol. The second-order valence-corrected chi connectivity index (χ2v) is 4.39. The van der Waals surface area contributed by atoms with Gasteiger partial charge in [-0.15, -0.1) is 0 Å². The Balaban J connectivity index is 2.15. The molecule has 2 aromatic rings. The molecule has 1 aromatic carbocycles. The lowest BCUT2D eigenvalue weighted by atomic mass is 10.1. The number of hydrogen-bond donors (Lipinski definition) is 2. The molecule has 0 atom stereocenters. The number of carbonyl (C=O) groups is 1. The van der Waals surface area contributed by atoms with Gasteiger partial charge in [0.05, 0.1) is 12.2 Å². The minimum Gasteiger partial charge on any atom is -0.506 e. The van der Waals surface area contributed by atoms with Crippen LogP contribution in [0.2, 0.25) is 0 Å². The van der Waals surface area contributed by atoms with Crippen molar-refractivity contribution in [3.63, 3.8) is 0 Å². The van der Waals surface area contributed by atoms with Crippen molar-refractivity contribution in [3.8, 4) is 5.75 Å². The van der Waals surface area contributed by atoms with Crippen molar-refractivity contribution in [3.05, 3.63) is 42.0 Å². The van der Waals surface area contributed by atoms with E-state index in [-0.39, 0.29) is 17.3 Å². The molecule has 1 heterocycles. The molecule has 0 bridgehead atoms. The van der Waals surface area contributed by atoms with Gasteiger partial charge in [0.25, 0.3) is 5.91 Å². The van der Waals surface area contributed by atoms with Crippen molar-refractivity contribution >= 4 is 11.6 Å². The summed E-state index contributed by atoms with van der Waals surface area (Å²) in [6.07, 6.45) is 3.51. The Labute approximate surface area is 111 Å². The molecular weight excluding hydrogens is 244 g/mol. The molecule has 100 valence electrons. The highest BCUT2D eigenvalue weighted by Crippen LogP contribution is 2.21. The van der Waals surface area contributed by atoms with E-state index in [1.165, 1.54) is 17.0 Å². The predicted molar refractivity (Wildman–Crippen MR) is 71.5 cm³/mol. The third-order valence-corrected chi connectivity index (χ3v) is 2.92. The molecule has 0 unspecified atom stereocenters. The molecule has 0 aliphatic carbocycles. The van der Waals surface area contributed by atoms with E-state index in [1.54, 1.807) is 19.3 Å². The fourth-order valence-electron chi connectivity index (χ4n) is 1.73. The van der Waals surface area contributed by atoms with Crippen molar-refractivity contribution in [1.29, 1.82) is 0 Å². The molecule has 6 nitrogen and oxygen atoms in total. The topological polar surface area (TPSA) is 84.4 Å². The average molecular weight is 260 g/mol. The van der Waals surface area contributed by atoms with Crippen LogP contribution in [0.5, 0.6) is 5.75 Å². The fraction of sp³-hybridized carbons (Fsp3) is 0.231. The molecule has 0 aliphatic heterocycles. The molecule has 1 amide bonds. The van der Waals surface area contributed by atoms with E-state index in [0.717, 1.165) is 5.82 Å². The lowest BCUT2D eigenvalue weighted by Gasteiger charge is -2.17. The zero-order valence-corrected chi connectivity index (χ0v) is 10.9. The number of aryl methyl sites for hydroxylation is 1. The summed E-state index contributed by atoms with van der Waals surface area (Å²) in [5, 5.41) is 9.52. The van der Waals surface area contributed by atoms with E-state index >= 15 is 0 Å². The molecule has 0 fully saturated rings. The molecular formula is C13H16N4O2. The Bertz CT molecular complexity index is 606. The Morgan fingerprint density at radius 1 is 1.53 bits per heavy atom. The molecule has 3 N–H and O–H groups in total. The van der Waals surface area contributed by atoms with Crippen LogP contribution in [-0.4, -0.2) is 32.5 Å². The van der Waals surface area contributed by atoms with Crippen LogP contribution in [0.1, 0.15) is 16.2 Å². The third kappa shape index (κ3) is 2.67. The number of imidazole rings is 1. The highest BCUT2D eigenvalue weighted by atomic mass is 16.3. The maximum atomic E-state index is 12.2. The van der Waals surface area contributed by atoms with Gasteiger partial charge in [0, 0.05) is 32.1 Å². The molecule has 19 heavy (non-hydrogen) atoms. The van der Waals surface area contributed by atoms with Gasteiger partial charge in [-0.3, -0.25) is 4.79 Å². The molecule has 0 saturated heterocycles. The number of phenols is 1. The standard InChI is InChI=1S/C13H16N4O2/c1-16-6-5-15-12(16)8-17(2)13(19)9-3-4-10(14)11(18)7-9/h3-7,18H,8,14H2,1-2H3. The van der Waals surface area contributed by atoms with Crippen molar-refractivity contribution < 1.29 is 9.90 Å². The van der Waals surface area contributed by atoms with Crippen LogP contribution >= 0.6 is 0 Å². The average Bonchev–Trinajstić information content (AvgIpc) is 2.77. The highest BCUT2D eigenvalue weighted by molar-refractivity contribution is 5.95. The summed E-state index contributed by atoms with van der Waals surface area (Å²) in [6, 6.07) is 4.47. The first kappa shape index (κ1) is 12.9. The number of hydrogen-bond acceptors (Lipinski definition) is 4. The minimum absolute atomic E-state index is 0.0868. The van der Waals surface area contributed by atoms with E-state index < -0.39 is 0 Å². The van der Waals surface area contributed by atoms with E-state index in [0.29, 0.717) is 12.1 Å². The quantitative estimate of drug-likeness (QED) is 0.636. The summed E-state index contributed by atoms with van der Waals surface area (Å²) < 4.78 is 1.85. The third-order valence-electron chi connectivity index (χ3n) is 2.92. The number of aromatic hydroxyl groups is 1. The van der Waals surface area contributed by atoms with Gasteiger partial charge in [-0.2, -0.15) is 0 Å². The van der Waals surface area contributed by atoms with Crippen molar-refractivity contribution in [1.82, 2.24) is 14.5 Å². The summed E-state index contributed by atoms with van der Waals surface area (Å²) in [5.74, 6) is 0.505. The Kier molecular flexibility index (Phi) is 3.41. The molecule has 2 rings (SSSR count). The number of amides is 1. The van der Waals surface area contributed by atoms with Gasteiger partial charge in [0.2, 0.25) is 0 Å². The smallest absolute Gasteiger partial charge is 0.254 e. The number of nitrogen functional groups attached to an aromatic ring is 1. The number of aromatic nitrogens is 2. The number of phenolic OH excluding ortho intramolecular Hbond substituents is 1. The number of rotatable bonds is 3. The van der Waals surface area contributed by atoms with Gasteiger partial charge in [-0.1, -0.05) is 0 Å². The minimum atomic E-state index is -0.196.